The molecule has 3 rings (SSSR count). The first-order valence-corrected chi connectivity index (χ1v) is 11.1. The molecular formula is C26H27Cl2NO2. The first kappa shape index (κ1) is 23.2. The SMILES string of the molecule is CC(c1ccccc1Cl)C(CNC(=O)C(C)(C)Oc1ccc(Cl)cc1)c1ccccc1. The first-order valence-electron chi connectivity index (χ1n) is 10.3. The van der Waals surface area contributed by atoms with Crippen molar-refractivity contribution in [3.05, 3.63) is 100 Å². The van der Waals surface area contributed by atoms with Crippen molar-refractivity contribution in [3.8, 4) is 5.75 Å². The maximum absolute atomic E-state index is 13.0. The number of nitrogens with one attached hydrogen (secondary N) is 1. The molecule has 3 aromatic carbocycles. The van der Waals surface area contributed by atoms with Gasteiger partial charge in [-0.3, -0.25) is 4.79 Å². The van der Waals surface area contributed by atoms with Gasteiger partial charge in [0.15, 0.2) is 5.60 Å². The minimum absolute atomic E-state index is 0.0522. The Morgan fingerprint density at radius 2 is 1.55 bits per heavy atom. The Bertz CT molecular complexity index is 1000. The minimum Gasteiger partial charge on any atom is -0.478 e. The van der Waals surface area contributed by atoms with E-state index >= 15 is 0 Å². The van der Waals surface area contributed by atoms with E-state index in [4.69, 9.17) is 27.9 Å². The van der Waals surface area contributed by atoms with Crippen molar-refractivity contribution in [1.29, 1.82) is 0 Å². The number of benzene rings is 3. The molecule has 162 valence electrons. The topological polar surface area (TPSA) is 38.3 Å². The summed E-state index contributed by atoms with van der Waals surface area (Å²) >= 11 is 12.4. The fraction of sp³-hybridized carbons (Fsp3) is 0.269. The molecule has 0 aliphatic rings. The average molecular weight is 456 g/mol. The molecule has 0 bridgehead atoms. The normalized spacial score (nSPS) is 13.3. The summed E-state index contributed by atoms with van der Waals surface area (Å²) in [6.07, 6.45) is 0. The van der Waals surface area contributed by atoms with Gasteiger partial charge < -0.3 is 10.1 Å². The van der Waals surface area contributed by atoms with Crippen molar-refractivity contribution in [2.45, 2.75) is 38.2 Å². The lowest BCUT2D eigenvalue weighted by Crippen LogP contribution is -2.47. The fourth-order valence-corrected chi connectivity index (χ4v) is 4.04. The third-order valence-corrected chi connectivity index (χ3v) is 6.04. The fourth-order valence-electron chi connectivity index (χ4n) is 3.60. The molecule has 31 heavy (non-hydrogen) atoms. The zero-order chi connectivity index (χ0) is 22.4. The lowest BCUT2D eigenvalue weighted by molar-refractivity contribution is -0.134. The molecular weight excluding hydrogens is 429 g/mol. The Morgan fingerprint density at radius 3 is 2.19 bits per heavy atom. The van der Waals surface area contributed by atoms with Crippen LogP contribution < -0.4 is 10.1 Å². The largest absolute Gasteiger partial charge is 0.478 e. The van der Waals surface area contributed by atoms with E-state index in [1.807, 2.05) is 42.5 Å². The standard InChI is InChI=1S/C26H27Cl2NO2/c1-18(22-11-7-8-12-24(22)28)23(19-9-5-4-6-10-19)17-29-25(30)26(2,3)31-21-15-13-20(27)14-16-21/h4-16,18,23H,17H2,1-3H3,(H,29,30). The molecule has 2 unspecified atom stereocenters. The highest BCUT2D eigenvalue weighted by atomic mass is 35.5. The van der Waals surface area contributed by atoms with Gasteiger partial charge in [0.1, 0.15) is 5.75 Å². The third-order valence-electron chi connectivity index (χ3n) is 5.44. The molecule has 1 N–H and O–H groups in total. The molecule has 0 aromatic heterocycles. The summed E-state index contributed by atoms with van der Waals surface area (Å²) in [7, 11) is 0. The van der Waals surface area contributed by atoms with Gasteiger partial charge in [0.05, 0.1) is 0 Å². The number of ether oxygens (including phenoxy) is 1. The number of hydrogen-bond acceptors (Lipinski definition) is 2. The van der Waals surface area contributed by atoms with Gasteiger partial charge in [0, 0.05) is 22.5 Å². The lowest BCUT2D eigenvalue weighted by atomic mass is 9.82. The van der Waals surface area contributed by atoms with Crippen LogP contribution in [-0.4, -0.2) is 18.1 Å². The zero-order valence-electron chi connectivity index (χ0n) is 17.9. The monoisotopic (exact) mass is 455 g/mol. The van der Waals surface area contributed by atoms with E-state index in [-0.39, 0.29) is 17.7 Å². The Hall–Kier alpha value is -2.49. The summed E-state index contributed by atoms with van der Waals surface area (Å²) in [6.45, 7) is 6.11. The molecule has 0 spiro atoms. The Labute approximate surface area is 194 Å². The number of carbonyl (C=O) groups is 1. The van der Waals surface area contributed by atoms with Gasteiger partial charge in [-0.15, -0.1) is 0 Å². The van der Waals surface area contributed by atoms with Crippen molar-refractivity contribution in [2.24, 2.45) is 0 Å². The predicted octanol–water partition coefficient (Wildman–Crippen LogP) is 6.85. The number of rotatable bonds is 8. The van der Waals surface area contributed by atoms with E-state index in [9.17, 15) is 4.79 Å². The summed E-state index contributed by atoms with van der Waals surface area (Å²) < 4.78 is 5.93. The molecule has 3 nitrogen and oxygen atoms in total. The van der Waals surface area contributed by atoms with Gasteiger partial charge >= 0.3 is 0 Å². The second-order valence-electron chi connectivity index (χ2n) is 8.10. The van der Waals surface area contributed by atoms with Crippen LogP contribution in [0.4, 0.5) is 0 Å². The van der Waals surface area contributed by atoms with E-state index in [0.29, 0.717) is 17.3 Å². The van der Waals surface area contributed by atoms with Gasteiger partial charge in [-0.2, -0.15) is 0 Å². The molecule has 0 saturated heterocycles. The molecule has 5 heteroatoms. The summed E-state index contributed by atoms with van der Waals surface area (Å²) in [4.78, 5) is 13.0. The maximum Gasteiger partial charge on any atom is 0.263 e. The van der Waals surface area contributed by atoms with Gasteiger partial charge in [-0.25, -0.2) is 0 Å². The van der Waals surface area contributed by atoms with Gasteiger partial charge in [-0.05, 0) is 61.2 Å². The molecule has 3 aromatic rings. The van der Waals surface area contributed by atoms with Crippen LogP contribution in [0.25, 0.3) is 0 Å². The Balaban J connectivity index is 1.76. The number of carbonyl (C=O) groups excluding carboxylic acids is 1. The second kappa shape index (κ2) is 10.2. The van der Waals surface area contributed by atoms with E-state index < -0.39 is 5.60 Å². The molecule has 0 radical (unpaired) electrons. The summed E-state index contributed by atoms with van der Waals surface area (Å²) in [6, 6.07) is 25.0. The minimum atomic E-state index is -1.04. The van der Waals surface area contributed by atoms with Crippen molar-refractivity contribution in [1.82, 2.24) is 5.32 Å². The van der Waals surface area contributed by atoms with E-state index in [1.54, 1.807) is 38.1 Å². The Morgan fingerprint density at radius 1 is 0.935 bits per heavy atom. The molecule has 0 fully saturated rings. The van der Waals surface area contributed by atoms with Gasteiger partial charge in [0.25, 0.3) is 5.91 Å². The highest BCUT2D eigenvalue weighted by Gasteiger charge is 2.31. The van der Waals surface area contributed by atoms with Crippen LogP contribution in [-0.2, 0) is 4.79 Å². The van der Waals surface area contributed by atoms with E-state index in [1.165, 1.54) is 0 Å². The quantitative estimate of drug-likeness (QED) is 0.402. The molecule has 0 aliphatic carbocycles. The number of halogens is 2. The molecule has 0 aliphatic heterocycles. The second-order valence-corrected chi connectivity index (χ2v) is 8.95. The smallest absolute Gasteiger partial charge is 0.263 e. The summed E-state index contributed by atoms with van der Waals surface area (Å²) in [5, 5.41) is 4.44. The van der Waals surface area contributed by atoms with Crippen molar-refractivity contribution < 1.29 is 9.53 Å². The summed E-state index contributed by atoms with van der Waals surface area (Å²) in [5.74, 6) is 0.566. The summed E-state index contributed by atoms with van der Waals surface area (Å²) in [5.41, 5.74) is 1.17. The lowest BCUT2D eigenvalue weighted by Gasteiger charge is -2.29. The molecule has 0 heterocycles. The molecule has 2 atom stereocenters. The van der Waals surface area contributed by atoms with Crippen LogP contribution in [0.3, 0.4) is 0 Å². The first-order chi connectivity index (χ1) is 14.8. The molecule has 0 saturated carbocycles. The van der Waals surface area contributed by atoms with Gasteiger partial charge in [-0.1, -0.05) is 78.7 Å². The zero-order valence-corrected chi connectivity index (χ0v) is 19.5. The van der Waals surface area contributed by atoms with Crippen molar-refractivity contribution in [2.75, 3.05) is 6.54 Å². The van der Waals surface area contributed by atoms with E-state index in [2.05, 4.69) is 24.4 Å². The average Bonchev–Trinajstić information content (AvgIpc) is 2.76. The van der Waals surface area contributed by atoms with Crippen LogP contribution in [0.1, 0.15) is 43.7 Å². The third kappa shape index (κ3) is 6.03. The Kier molecular flexibility index (Phi) is 7.64. The van der Waals surface area contributed by atoms with Crippen LogP contribution in [0.5, 0.6) is 5.75 Å². The van der Waals surface area contributed by atoms with Crippen LogP contribution in [0.2, 0.25) is 10.0 Å². The van der Waals surface area contributed by atoms with Crippen LogP contribution >= 0.6 is 23.2 Å². The van der Waals surface area contributed by atoms with Crippen molar-refractivity contribution in [3.63, 3.8) is 0 Å². The highest BCUT2D eigenvalue weighted by Crippen LogP contribution is 2.36. The van der Waals surface area contributed by atoms with Crippen molar-refractivity contribution >= 4 is 29.1 Å². The maximum atomic E-state index is 13.0. The van der Waals surface area contributed by atoms with Gasteiger partial charge in [0.2, 0.25) is 0 Å². The highest BCUT2D eigenvalue weighted by molar-refractivity contribution is 6.31. The molecule has 1 amide bonds. The van der Waals surface area contributed by atoms with E-state index in [0.717, 1.165) is 16.1 Å². The predicted molar refractivity (Wildman–Crippen MR) is 128 cm³/mol. The van der Waals surface area contributed by atoms with Crippen LogP contribution in [0, 0.1) is 0 Å². The van der Waals surface area contributed by atoms with Crippen LogP contribution in [0.15, 0.2) is 78.9 Å². The number of amides is 1. The number of hydrogen-bond donors (Lipinski definition) is 1.